The number of alkyl halides is 2. The van der Waals surface area contributed by atoms with Crippen molar-refractivity contribution < 1.29 is 23.0 Å². The van der Waals surface area contributed by atoms with Crippen molar-refractivity contribution in [2.45, 2.75) is 25.2 Å². The number of rotatable bonds is 7. The zero-order valence-corrected chi connectivity index (χ0v) is 19.1. The second-order valence-electron chi connectivity index (χ2n) is 8.70. The van der Waals surface area contributed by atoms with Gasteiger partial charge >= 0.3 is 0 Å². The average Bonchev–Trinajstić information content (AvgIpc) is 3.42. The Kier molecular flexibility index (Phi) is 5.34. The Balaban J connectivity index is 1.49. The fourth-order valence-electron chi connectivity index (χ4n) is 4.57. The van der Waals surface area contributed by atoms with Crippen molar-refractivity contribution >= 4 is 16.8 Å². The molecule has 0 bridgehead atoms. The lowest BCUT2D eigenvalue weighted by Crippen LogP contribution is -2.36. The zero-order valence-electron chi connectivity index (χ0n) is 19.1. The first kappa shape index (κ1) is 22.1. The number of fused-ring (bicyclic) bond motifs is 1. The number of hydrogen-bond donors (Lipinski definition) is 0. The molecule has 0 amide bonds. The van der Waals surface area contributed by atoms with Gasteiger partial charge in [0.05, 0.1) is 37.1 Å². The number of halogens is 2. The van der Waals surface area contributed by atoms with Crippen LogP contribution in [0.25, 0.3) is 27.8 Å². The summed E-state index contributed by atoms with van der Waals surface area (Å²) in [4.78, 5) is 17.5. The molecule has 2 heterocycles. The molecule has 176 valence electrons. The number of carbonyl (C=O) groups excluding carboxylic acids is 1. The van der Waals surface area contributed by atoms with E-state index < -0.39 is 5.92 Å². The normalized spacial score (nSPS) is 15.3. The van der Waals surface area contributed by atoms with E-state index in [1.165, 1.54) is 14.2 Å². The number of aryl methyl sites for hydroxylation is 1. The van der Waals surface area contributed by atoms with Gasteiger partial charge in [0.25, 0.3) is 0 Å². The van der Waals surface area contributed by atoms with Gasteiger partial charge in [-0.2, -0.15) is 5.10 Å². The summed E-state index contributed by atoms with van der Waals surface area (Å²) in [6.45, 7) is 0. The maximum absolute atomic E-state index is 13.2. The smallest absolute Gasteiger partial charge is 0.248 e. The SMILES string of the molecule is COc1cc(-n2cnc3cc(-c4cnn(C)c4)ccc32)cc(OC)c1C(=O)CC1CC(F)(F)C1. The molecule has 0 spiro atoms. The second-order valence-corrected chi connectivity index (χ2v) is 8.70. The van der Waals surface area contributed by atoms with E-state index >= 15 is 0 Å². The van der Waals surface area contributed by atoms with Crippen LogP contribution in [0.1, 0.15) is 29.6 Å². The number of imidazole rings is 1. The van der Waals surface area contributed by atoms with Crippen LogP contribution in [0.5, 0.6) is 11.5 Å². The molecule has 2 aromatic carbocycles. The van der Waals surface area contributed by atoms with Crippen molar-refractivity contribution in [2.75, 3.05) is 14.2 Å². The molecule has 7 nitrogen and oxygen atoms in total. The Morgan fingerprint density at radius 3 is 2.41 bits per heavy atom. The van der Waals surface area contributed by atoms with E-state index in [0.717, 1.165) is 22.2 Å². The highest BCUT2D eigenvalue weighted by atomic mass is 19.3. The predicted octanol–water partition coefficient (Wildman–Crippen LogP) is 5.06. The lowest BCUT2D eigenvalue weighted by atomic mass is 9.77. The number of ether oxygens (including phenoxy) is 2. The van der Waals surface area contributed by atoms with Crippen molar-refractivity contribution in [3.8, 4) is 28.3 Å². The van der Waals surface area contributed by atoms with Gasteiger partial charge in [-0.05, 0) is 23.6 Å². The Bertz CT molecular complexity index is 1360. The Morgan fingerprint density at radius 2 is 1.82 bits per heavy atom. The van der Waals surface area contributed by atoms with E-state index in [2.05, 4.69) is 10.1 Å². The van der Waals surface area contributed by atoms with E-state index in [9.17, 15) is 13.6 Å². The first-order valence-corrected chi connectivity index (χ1v) is 10.9. The van der Waals surface area contributed by atoms with Gasteiger partial charge in [-0.15, -0.1) is 0 Å². The number of nitrogens with zero attached hydrogens (tertiary/aromatic N) is 4. The summed E-state index contributed by atoms with van der Waals surface area (Å²) >= 11 is 0. The van der Waals surface area contributed by atoms with E-state index in [4.69, 9.17) is 9.47 Å². The van der Waals surface area contributed by atoms with E-state index in [-0.39, 0.29) is 36.5 Å². The Hall–Kier alpha value is -3.75. The van der Waals surface area contributed by atoms with Crippen LogP contribution in [0.2, 0.25) is 0 Å². The predicted molar refractivity (Wildman–Crippen MR) is 123 cm³/mol. The summed E-state index contributed by atoms with van der Waals surface area (Å²) < 4.78 is 41.1. The summed E-state index contributed by atoms with van der Waals surface area (Å²) in [6, 6.07) is 9.43. The molecule has 1 aliphatic carbocycles. The summed E-state index contributed by atoms with van der Waals surface area (Å²) in [6.07, 6.45) is 4.95. The Labute approximate surface area is 194 Å². The van der Waals surface area contributed by atoms with Crippen LogP contribution >= 0.6 is 0 Å². The van der Waals surface area contributed by atoms with Crippen LogP contribution in [-0.2, 0) is 7.05 Å². The molecule has 9 heteroatoms. The number of Topliss-reactive ketones (excluding diaryl/α,β-unsaturated/α-hetero) is 1. The first-order valence-electron chi connectivity index (χ1n) is 10.9. The fourth-order valence-corrected chi connectivity index (χ4v) is 4.57. The molecule has 0 radical (unpaired) electrons. The minimum atomic E-state index is -2.66. The third-order valence-corrected chi connectivity index (χ3v) is 6.28. The zero-order chi connectivity index (χ0) is 24.0. The molecule has 1 fully saturated rings. The van der Waals surface area contributed by atoms with Gasteiger partial charge < -0.3 is 9.47 Å². The number of benzene rings is 2. The van der Waals surface area contributed by atoms with Crippen LogP contribution in [0.4, 0.5) is 8.78 Å². The van der Waals surface area contributed by atoms with Crippen LogP contribution < -0.4 is 9.47 Å². The fraction of sp³-hybridized carbons (Fsp3) is 0.320. The van der Waals surface area contributed by atoms with Crippen molar-refractivity contribution in [3.63, 3.8) is 0 Å². The van der Waals surface area contributed by atoms with Gasteiger partial charge in [-0.1, -0.05) is 6.07 Å². The third kappa shape index (κ3) is 3.91. The van der Waals surface area contributed by atoms with E-state index in [1.807, 2.05) is 36.0 Å². The molecule has 0 N–H and O–H groups in total. The van der Waals surface area contributed by atoms with Crippen LogP contribution in [0.15, 0.2) is 49.1 Å². The molecular formula is C25H24F2N4O3. The molecule has 2 aromatic heterocycles. The quantitative estimate of drug-likeness (QED) is 0.356. The molecule has 0 aliphatic heterocycles. The minimum Gasteiger partial charge on any atom is -0.496 e. The van der Waals surface area contributed by atoms with Gasteiger partial charge in [0.15, 0.2) is 5.78 Å². The summed E-state index contributed by atoms with van der Waals surface area (Å²) in [5, 5.41) is 4.22. The molecule has 1 aliphatic rings. The average molecular weight is 466 g/mol. The summed E-state index contributed by atoms with van der Waals surface area (Å²) in [7, 11) is 4.81. The second kappa shape index (κ2) is 8.23. The molecule has 5 rings (SSSR count). The maximum atomic E-state index is 13.2. The van der Waals surface area contributed by atoms with Crippen LogP contribution in [-0.4, -0.2) is 45.3 Å². The molecule has 1 saturated carbocycles. The van der Waals surface area contributed by atoms with Crippen LogP contribution in [0.3, 0.4) is 0 Å². The lowest BCUT2D eigenvalue weighted by Gasteiger charge is -2.34. The molecule has 0 unspecified atom stereocenters. The van der Waals surface area contributed by atoms with Gasteiger partial charge in [0.2, 0.25) is 5.92 Å². The monoisotopic (exact) mass is 466 g/mol. The van der Waals surface area contributed by atoms with Crippen molar-refractivity contribution in [3.05, 3.63) is 54.6 Å². The van der Waals surface area contributed by atoms with E-state index in [1.54, 1.807) is 29.3 Å². The van der Waals surface area contributed by atoms with Gasteiger partial charge in [-0.3, -0.25) is 14.0 Å². The topological polar surface area (TPSA) is 71.2 Å². The van der Waals surface area contributed by atoms with Crippen molar-refractivity contribution in [1.82, 2.24) is 19.3 Å². The van der Waals surface area contributed by atoms with Crippen molar-refractivity contribution in [2.24, 2.45) is 13.0 Å². The highest BCUT2D eigenvalue weighted by Crippen LogP contribution is 2.45. The third-order valence-electron chi connectivity index (χ3n) is 6.28. The van der Waals surface area contributed by atoms with E-state index in [0.29, 0.717) is 17.2 Å². The molecule has 4 aromatic rings. The molecular weight excluding hydrogens is 442 g/mol. The number of methoxy groups -OCH3 is 2. The highest BCUT2D eigenvalue weighted by molar-refractivity contribution is 6.02. The number of carbonyl (C=O) groups is 1. The number of hydrogen-bond acceptors (Lipinski definition) is 5. The first-order chi connectivity index (χ1) is 16.3. The Morgan fingerprint density at radius 1 is 1.12 bits per heavy atom. The maximum Gasteiger partial charge on any atom is 0.248 e. The van der Waals surface area contributed by atoms with Crippen molar-refractivity contribution in [1.29, 1.82) is 0 Å². The molecule has 0 saturated heterocycles. The van der Waals surface area contributed by atoms with Crippen LogP contribution in [0, 0.1) is 5.92 Å². The molecule has 34 heavy (non-hydrogen) atoms. The van der Waals surface area contributed by atoms with Gasteiger partial charge in [0, 0.05) is 50.2 Å². The standard InChI is InChI=1S/C25H24F2N4O3/c1-30-13-17(12-29-30)16-4-5-20-19(7-16)28-14-31(20)18-8-22(33-2)24(23(9-18)34-3)21(32)6-15-10-25(26,27)11-15/h4-5,7-9,12-15H,6,10-11H2,1-3H3. The largest absolute Gasteiger partial charge is 0.496 e. The summed E-state index contributed by atoms with van der Waals surface area (Å²) in [5.41, 5.74) is 4.64. The highest BCUT2D eigenvalue weighted by Gasteiger charge is 2.46. The number of aromatic nitrogens is 4. The minimum absolute atomic E-state index is 0.0345. The summed E-state index contributed by atoms with van der Waals surface area (Å²) in [5.74, 6) is -2.60. The molecule has 0 atom stereocenters. The van der Waals surface area contributed by atoms with Gasteiger partial charge in [-0.25, -0.2) is 13.8 Å². The lowest BCUT2D eigenvalue weighted by molar-refractivity contribution is -0.109. The number of ketones is 1. The van der Waals surface area contributed by atoms with Gasteiger partial charge in [0.1, 0.15) is 23.4 Å².